The first-order chi connectivity index (χ1) is 26.1. The molecule has 7 aromatic carbocycles. The predicted octanol–water partition coefficient (Wildman–Crippen LogP) is 11.7. The SMILES string of the molecule is CC1(C)c2ccccc2-c2c(-c3nc(-c4ccccc4)nc(-n4c5ccccc5c5c4ccc4c6ccccc6n(-c6ccccc6)c45)n3)cccc21. The first-order valence-corrected chi connectivity index (χ1v) is 18.1. The number of rotatable bonds is 4. The fraction of sp³-hybridized carbons (Fsp3) is 0.0625. The Hall–Kier alpha value is -6.85. The van der Waals surface area contributed by atoms with Gasteiger partial charge >= 0.3 is 0 Å². The lowest BCUT2D eigenvalue weighted by atomic mass is 9.82. The fourth-order valence-corrected chi connectivity index (χ4v) is 8.81. The molecular weight excluding hydrogens is 647 g/mol. The van der Waals surface area contributed by atoms with Crippen LogP contribution < -0.4 is 0 Å². The zero-order valence-corrected chi connectivity index (χ0v) is 29.3. The molecule has 0 aliphatic heterocycles. The maximum Gasteiger partial charge on any atom is 0.238 e. The summed E-state index contributed by atoms with van der Waals surface area (Å²) in [4.78, 5) is 15.9. The lowest BCUT2D eigenvalue weighted by Crippen LogP contribution is -2.14. The summed E-state index contributed by atoms with van der Waals surface area (Å²) in [5.41, 5.74) is 12.4. The molecule has 1 aliphatic rings. The molecule has 1 aliphatic carbocycles. The van der Waals surface area contributed by atoms with E-state index in [1.165, 1.54) is 44.1 Å². The summed E-state index contributed by atoms with van der Waals surface area (Å²) < 4.78 is 4.64. The number of nitrogens with zero attached hydrogens (tertiary/aromatic N) is 5. The molecule has 0 bridgehead atoms. The average molecular weight is 680 g/mol. The minimum absolute atomic E-state index is 0.143. The van der Waals surface area contributed by atoms with Gasteiger partial charge in [0, 0.05) is 43.8 Å². The summed E-state index contributed by atoms with van der Waals surface area (Å²) in [5, 5.41) is 4.74. The first kappa shape index (κ1) is 29.8. The quantitative estimate of drug-likeness (QED) is 0.186. The Kier molecular flexibility index (Phi) is 6.23. The third-order valence-electron chi connectivity index (χ3n) is 11.2. The van der Waals surface area contributed by atoms with Gasteiger partial charge in [0.05, 0.1) is 22.1 Å². The number of fused-ring (bicyclic) bond motifs is 10. The van der Waals surface area contributed by atoms with Gasteiger partial charge in [-0.25, -0.2) is 4.98 Å². The van der Waals surface area contributed by atoms with Gasteiger partial charge < -0.3 is 4.57 Å². The van der Waals surface area contributed by atoms with Crippen LogP contribution in [0.2, 0.25) is 0 Å². The van der Waals surface area contributed by atoms with E-state index in [4.69, 9.17) is 15.0 Å². The summed E-state index contributed by atoms with van der Waals surface area (Å²) in [5.74, 6) is 1.88. The molecule has 0 amide bonds. The van der Waals surface area contributed by atoms with Gasteiger partial charge in [-0.05, 0) is 52.6 Å². The van der Waals surface area contributed by atoms with Crippen molar-refractivity contribution in [2.75, 3.05) is 0 Å². The standard InChI is InChI=1S/C48H33N5/c1-48(2)37-24-12-9-21-34(37)42-36(23-15-25-38(42)48)46-49-45(30-16-5-3-6-17-30)50-47(51-46)53-40-27-14-11-22-35(40)43-41(53)29-28-33-32-20-10-13-26-39(32)52(44(33)43)31-18-7-4-8-19-31/h3-29H,1-2H3. The fourth-order valence-electron chi connectivity index (χ4n) is 8.81. The highest BCUT2D eigenvalue weighted by atomic mass is 15.2. The molecule has 53 heavy (non-hydrogen) atoms. The monoisotopic (exact) mass is 679 g/mol. The van der Waals surface area contributed by atoms with E-state index in [2.05, 4.69) is 169 Å². The van der Waals surface area contributed by atoms with E-state index in [-0.39, 0.29) is 5.41 Å². The van der Waals surface area contributed by atoms with Crippen molar-refractivity contribution >= 4 is 43.6 Å². The van der Waals surface area contributed by atoms with E-state index in [0.717, 1.165) is 38.6 Å². The Morgan fingerprint density at radius 2 is 1.06 bits per heavy atom. The highest BCUT2D eigenvalue weighted by Gasteiger charge is 2.37. The average Bonchev–Trinajstić information content (AvgIpc) is 3.82. The van der Waals surface area contributed by atoms with Gasteiger partial charge in [-0.2, -0.15) is 9.97 Å². The van der Waals surface area contributed by atoms with Gasteiger partial charge in [0.15, 0.2) is 11.6 Å². The van der Waals surface area contributed by atoms with Gasteiger partial charge in [0.2, 0.25) is 5.95 Å². The maximum atomic E-state index is 5.41. The molecule has 250 valence electrons. The Morgan fingerprint density at radius 3 is 1.87 bits per heavy atom. The van der Waals surface area contributed by atoms with Gasteiger partial charge in [-0.1, -0.05) is 147 Å². The Morgan fingerprint density at radius 1 is 0.434 bits per heavy atom. The maximum absolute atomic E-state index is 5.41. The van der Waals surface area contributed by atoms with E-state index >= 15 is 0 Å². The van der Waals surface area contributed by atoms with E-state index in [0.29, 0.717) is 17.6 Å². The third kappa shape index (κ3) is 4.22. The molecule has 0 unspecified atom stereocenters. The van der Waals surface area contributed by atoms with Crippen molar-refractivity contribution in [2.24, 2.45) is 0 Å². The second-order valence-corrected chi connectivity index (χ2v) is 14.4. The van der Waals surface area contributed by atoms with E-state index in [9.17, 15) is 0 Å². The molecule has 0 fully saturated rings. The summed E-state index contributed by atoms with van der Waals surface area (Å²) >= 11 is 0. The molecule has 0 saturated carbocycles. The van der Waals surface area contributed by atoms with Gasteiger partial charge in [0.1, 0.15) is 0 Å². The molecule has 0 atom stereocenters. The summed E-state index contributed by atoms with van der Waals surface area (Å²) in [7, 11) is 0. The highest BCUT2D eigenvalue weighted by Crippen LogP contribution is 2.51. The van der Waals surface area contributed by atoms with Crippen LogP contribution in [-0.4, -0.2) is 24.1 Å². The van der Waals surface area contributed by atoms with Crippen LogP contribution >= 0.6 is 0 Å². The van der Waals surface area contributed by atoms with Crippen LogP contribution in [0.25, 0.3) is 89.2 Å². The molecule has 0 radical (unpaired) electrons. The molecule has 0 spiro atoms. The van der Waals surface area contributed by atoms with Crippen molar-refractivity contribution in [3.8, 4) is 45.5 Å². The van der Waals surface area contributed by atoms with Crippen molar-refractivity contribution in [1.29, 1.82) is 0 Å². The van der Waals surface area contributed by atoms with Crippen molar-refractivity contribution < 1.29 is 0 Å². The highest BCUT2D eigenvalue weighted by molar-refractivity contribution is 6.26. The first-order valence-electron chi connectivity index (χ1n) is 18.1. The normalized spacial score (nSPS) is 13.2. The van der Waals surface area contributed by atoms with E-state index < -0.39 is 0 Å². The van der Waals surface area contributed by atoms with Crippen LogP contribution in [0.3, 0.4) is 0 Å². The smallest absolute Gasteiger partial charge is 0.238 e. The summed E-state index contributed by atoms with van der Waals surface area (Å²) in [6.07, 6.45) is 0. The second-order valence-electron chi connectivity index (χ2n) is 14.4. The van der Waals surface area contributed by atoms with Crippen LogP contribution in [0.5, 0.6) is 0 Å². The third-order valence-corrected chi connectivity index (χ3v) is 11.2. The number of hydrogen-bond acceptors (Lipinski definition) is 3. The number of aromatic nitrogens is 5. The molecule has 3 aromatic heterocycles. The Balaban J connectivity index is 1.26. The van der Waals surface area contributed by atoms with Crippen LogP contribution in [-0.2, 0) is 5.41 Å². The molecule has 3 heterocycles. The molecular formula is C48H33N5. The molecule has 5 nitrogen and oxygen atoms in total. The Labute approximate surface area is 306 Å². The minimum Gasteiger partial charge on any atom is -0.309 e. The van der Waals surface area contributed by atoms with Crippen LogP contribution in [0, 0.1) is 0 Å². The van der Waals surface area contributed by atoms with E-state index in [1.807, 2.05) is 18.2 Å². The molecule has 10 aromatic rings. The van der Waals surface area contributed by atoms with Gasteiger partial charge in [-0.3, -0.25) is 4.57 Å². The molecule has 0 saturated heterocycles. The lowest BCUT2D eigenvalue weighted by molar-refractivity contribution is 0.660. The van der Waals surface area contributed by atoms with Crippen molar-refractivity contribution in [3.63, 3.8) is 0 Å². The predicted molar refractivity (Wildman–Crippen MR) is 217 cm³/mol. The van der Waals surface area contributed by atoms with Crippen LogP contribution in [0.15, 0.2) is 164 Å². The van der Waals surface area contributed by atoms with Crippen LogP contribution in [0.4, 0.5) is 0 Å². The summed E-state index contributed by atoms with van der Waals surface area (Å²) in [6.45, 7) is 4.62. The molecule has 0 N–H and O–H groups in total. The van der Waals surface area contributed by atoms with Crippen molar-refractivity contribution in [2.45, 2.75) is 19.3 Å². The van der Waals surface area contributed by atoms with Crippen molar-refractivity contribution in [1.82, 2.24) is 24.1 Å². The number of para-hydroxylation sites is 3. The second kappa shape index (κ2) is 11.1. The minimum atomic E-state index is -0.143. The topological polar surface area (TPSA) is 48.5 Å². The zero-order chi connectivity index (χ0) is 35.3. The van der Waals surface area contributed by atoms with E-state index in [1.54, 1.807) is 0 Å². The number of hydrogen-bond donors (Lipinski definition) is 0. The number of benzene rings is 7. The zero-order valence-electron chi connectivity index (χ0n) is 29.3. The lowest BCUT2D eigenvalue weighted by Gasteiger charge is -2.21. The largest absolute Gasteiger partial charge is 0.309 e. The Bertz CT molecular complexity index is 3080. The van der Waals surface area contributed by atoms with Crippen molar-refractivity contribution in [3.05, 3.63) is 175 Å². The molecule has 5 heteroatoms. The molecule has 11 rings (SSSR count). The van der Waals surface area contributed by atoms with Crippen LogP contribution in [0.1, 0.15) is 25.0 Å². The summed E-state index contributed by atoms with van der Waals surface area (Å²) in [6, 6.07) is 58.1. The van der Waals surface area contributed by atoms with Gasteiger partial charge in [-0.15, -0.1) is 0 Å². The van der Waals surface area contributed by atoms with Gasteiger partial charge in [0.25, 0.3) is 0 Å².